The van der Waals surface area contributed by atoms with E-state index in [4.69, 9.17) is 19.9 Å². The molecule has 5 nitrogen and oxygen atoms in total. The van der Waals surface area contributed by atoms with Crippen LogP contribution in [0.2, 0.25) is 0 Å². The molecule has 0 bridgehead atoms. The fraction of sp³-hybridized carbons (Fsp3) is 0.417. The van der Waals surface area contributed by atoms with E-state index >= 15 is 0 Å². The highest BCUT2D eigenvalue weighted by atomic mass is 127. The van der Waals surface area contributed by atoms with Gasteiger partial charge < -0.3 is 19.9 Å². The van der Waals surface area contributed by atoms with Crippen LogP contribution in [0.15, 0.2) is 24.3 Å². The van der Waals surface area contributed by atoms with E-state index in [0.29, 0.717) is 6.42 Å². The van der Waals surface area contributed by atoms with Crippen molar-refractivity contribution in [3.05, 3.63) is 33.4 Å². The van der Waals surface area contributed by atoms with Crippen LogP contribution in [0.3, 0.4) is 0 Å². The van der Waals surface area contributed by atoms with Gasteiger partial charge in [-0.2, -0.15) is 0 Å². The highest BCUT2D eigenvalue weighted by molar-refractivity contribution is 14.1. The molecule has 0 saturated heterocycles. The fourth-order valence-corrected chi connectivity index (χ4v) is 2.41. The maximum absolute atomic E-state index is 11.1. The van der Waals surface area contributed by atoms with Crippen LogP contribution in [0.1, 0.15) is 18.9 Å². The lowest BCUT2D eigenvalue weighted by molar-refractivity contribution is -0.250. The molecule has 1 amide bonds. The summed E-state index contributed by atoms with van der Waals surface area (Å²) in [5.74, 6) is -1.21. The molecule has 2 N–H and O–H groups in total. The third-order valence-corrected chi connectivity index (χ3v) is 3.37. The van der Waals surface area contributed by atoms with Gasteiger partial charge in [0.2, 0.25) is 5.79 Å². The van der Waals surface area contributed by atoms with Crippen LogP contribution in [0.4, 0.5) is 4.79 Å². The van der Waals surface area contributed by atoms with Gasteiger partial charge >= 0.3 is 6.09 Å². The lowest BCUT2D eigenvalue weighted by Crippen LogP contribution is -2.38. The van der Waals surface area contributed by atoms with Crippen molar-refractivity contribution in [3.63, 3.8) is 0 Å². The number of hydrogen-bond acceptors (Lipinski definition) is 4. The van der Waals surface area contributed by atoms with E-state index in [1.807, 2.05) is 31.2 Å². The molecular formula is C12H16INO4. The monoisotopic (exact) mass is 365 g/mol. The molecule has 0 spiro atoms. The Hall–Kier alpha value is -0.860. The van der Waals surface area contributed by atoms with E-state index in [1.165, 1.54) is 7.11 Å². The minimum atomic E-state index is -1.21. The van der Waals surface area contributed by atoms with E-state index in [9.17, 15) is 4.79 Å². The van der Waals surface area contributed by atoms with Gasteiger partial charge in [-0.25, -0.2) is 4.79 Å². The summed E-state index contributed by atoms with van der Waals surface area (Å²) >= 11 is 2.15. The predicted octanol–water partition coefficient (Wildman–Crippen LogP) is 2.57. The molecule has 1 aromatic carbocycles. The van der Waals surface area contributed by atoms with Crippen molar-refractivity contribution in [2.75, 3.05) is 13.9 Å². The summed E-state index contributed by atoms with van der Waals surface area (Å²) < 4.78 is 16.6. The number of methoxy groups -OCH3 is 1. The van der Waals surface area contributed by atoms with Crippen molar-refractivity contribution in [1.29, 1.82) is 0 Å². The number of ether oxygens (including phenoxy) is 3. The topological polar surface area (TPSA) is 70.8 Å². The highest BCUT2D eigenvalue weighted by Crippen LogP contribution is 2.34. The molecule has 1 rings (SSSR count). The van der Waals surface area contributed by atoms with Gasteiger partial charge in [-0.1, -0.05) is 25.1 Å². The molecule has 0 aromatic heterocycles. The Morgan fingerprint density at radius 2 is 2.11 bits per heavy atom. The third-order valence-electron chi connectivity index (χ3n) is 2.43. The number of hydrogen-bond donors (Lipinski definition) is 1. The van der Waals surface area contributed by atoms with Crippen molar-refractivity contribution >= 4 is 28.7 Å². The molecule has 0 aliphatic heterocycles. The van der Waals surface area contributed by atoms with Gasteiger partial charge in [0.25, 0.3) is 0 Å². The first-order valence-electron chi connectivity index (χ1n) is 5.42. The Bertz CT molecular complexity index is 413. The Morgan fingerprint density at radius 1 is 1.44 bits per heavy atom. The fourth-order valence-electron chi connectivity index (χ4n) is 1.61. The second-order valence-corrected chi connectivity index (χ2v) is 4.72. The highest BCUT2D eigenvalue weighted by Gasteiger charge is 2.37. The number of rotatable bonds is 6. The molecule has 6 heteroatoms. The molecule has 18 heavy (non-hydrogen) atoms. The Labute approximate surface area is 120 Å². The average Bonchev–Trinajstić information content (AvgIpc) is 2.35. The molecular weight excluding hydrogens is 349 g/mol. The summed E-state index contributed by atoms with van der Waals surface area (Å²) in [6, 6.07) is 7.49. The largest absolute Gasteiger partial charge is 0.412 e. The summed E-state index contributed by atoms with van der Waals surface area (Å²) in [7, 11) is 1.50. The molecule has 100 valence electrons. The van der Waals surface area contributed by atoms with Crippen molar-refractivity contribution in [1.82, 2.24) is 0 Å². The lowest BCUT2D eigenvalue weighted by Gasteiger charge is -2.32. The Kier molecular flexibility index (Phi) is 5.83. The molecule has 0 saturated carbocycles. The summed E-state index contributed by atoms with van der Waals surface area (Å²) in [4.78, 5) is 11.1. The molecule has 0 heterocycles. The maximum Gasteiger partial charge on any atom is 0.407 e. The van der Waals surface area contributed by atoms with Gasteiger partial charge in [0, 0.05) is 22.7 Å². The first-order valence-corrected chi connectivity index (χ1v) is 6.50. The molecule has 0 radical (unpaired) electrons. The van der Waals surface area contributed by atoms with E-state index in [-0.39, 0.29) is 6.79 Å². The second-order valence-electron chi connectivity index (χ2n) is 3.56. The number of benzene rings is 1. The maximum atomic E-state index is 11.1. The van der Waals surface area contributed by atoms with Crippen LogP contribution in [0, 0.1) is 3.57 Å². The standard InChI is InChI=1S/C12H16INO4/c1-3-12(17-8-16-2,18-11(14)15)9-6-4-5-7-10(9)13/h4-7H,3,8H2,1-2H3,(H2,14,15)/t12-/m1/s1. The van der Waals surface area contributed by atoms with Gasteiger partial charge in [0.15, 0.2) is 6.79 Å². The van der Waals surface area contributed by atoms with Gasteiger partial charge in [-0.15, -0.1) is 0 Å². The van der Waals surface area contributed by atoms with Crippen LogP contribution in [0.25, 0.3) is 0 Å². The van der Waals surface area contributed by atoms with Crippen molar-refractivity contribution in [3.8, 4) is 0 Å². The van der Waals surface area contributed by atoms with Crippen LogP contribution in [-0.2, 0) is 20.0 Å². The van der Waals surface area contributed by atoms with Crippen LogP contribution >= 0.6 is 22.6 Å². The zero-order chi connectivity index (χ0) is 13.6. The molecule has 0 unspecified atom stereocenters. The lowest BCUT2D eigenvalue weighted by atomic mass is 10.0. The van der Waals surface area contributed by atoms with Gasteiger partial charge in [0.1, 0.15) is 0 Å². The SMILES string of the molecule is CC[C@@](OCOC)(OC(N)=O)c1ccccc1I. The first kappa shape index (κ1) is 15.2. The number of carbonyl (C=O) groups excluding carboxylic acids is 1. The number of halogens is 1. The molecule has 0 aliphatic carbocycles. The quantitative estimate of drug-likeness (QED) is 0.622. The van der Waals surface area contributed by atoms with E-state index in [0.717, 1.165) is 9.13 Å². The molecule has 0 fully saturated rings. The smallest absolute Gasteiger partial charge is 0.407 e. The third kappa shape index (κ3) is 3.56. The minimum Gasteiger partial charge on any atom is -0.412 e. The number of carbonyl (C=O) groups is 1. The van der Waals surface area contributed by atoms with E-state index < -0.39 is 11.9 Å². The zero-order valence-corrected chi connectivity index (χ0v) is 12.5. The minimum absolute atomic E-state index is 0.00605. The normalized spacial score (nSPS) is 13.9. The van der Waals surface area contributed by atoms with Gasteiger partial charge in [0.05, 0.1) is 0 Å². The summed E-state index contributed by atoms with van der Waals surface area (Å²) in [5.41, 5.74) is 5.88. The van der Waals surface area contributed by atoms with E-state index in [2.05, 4.69) is 22.6 Å². The Morgan fingerprint density at radius 3 is 2.61 bits per heavy atom. The molecule has 0 aliphatic rings. The summed E-state index contributed by atoms with van der Waals surface area (Å²) in [6.45, 7) is 1.85. The predicted molar refractivity (Wildman–Crippen MR) is 74.8 cm³/mol. The summed E-state index contributed by atoms with van der Waals surface area (Å²) in [5, 5.41) is 0. The summed E-state index contributed by atoms with van der Waals surface area (Å²) in [6.07, 6.45) is -0.452. The van der Waals surface area contributed by atoms with Crippen LogP contribution < -0.4 is 5.73 Å². The zero-order valence-electron chi connectivity index (χ0n) is 10.3. The van der Waals surface area contributed by atoms with E-state index in [1.54, 1.807) is 0 Å². The number of nitrogens with two attached hydrogens (primary N) is 1. The van der Waals surface area contributed by atoms with Crippen LogP contribution in [-0.4, -0.2) is 20.0 Å². The molecule has 1 aromatic rings. The number of amides is 1. The van der Waals surface area contributed by atoms with Crippen molar-refractivity contribution < 1.29 is 19.0 Å². The van der Waals surface area contributed by atoms with Crippen molar-refractivity contribution in [2.45, 2.75) is 19.1 Å². The average molecular weight is 365 g/mol. The molecule has 1 atom stereocenters. The van der Waals surface area contributed by atoms with Gasteiger partial charge in [-0.3, -0.25) is 0 Å². The van der Waals surface area contributed by atoms with Crippen molar-refractivity contribution in [2.24, 2.45) is 5.73 Å². The van der Waals surface area contributed by atoms with Crippen LogP contribution in [0.5, 0.6) is 0 Å². The Balaban J connectivity index is 3.16. The number of primary amides is 1. The first-order chi connectivity index (χ1) is 8.55. The van der Waals surface area contributed by atoms with Gasteiger partial charge in [-0.05, 0) is 28.7 Å². The second kappa shape index (κ2) is 6.91.